The van der Waals surface area contributed by atoms with Crippen LogP contribution in [0.1, 0.15) is 19.8 Å². The highest BCUT2D eigenvalue weighted by molar-refractivity contribution is 5.81. The Morgan fingerprint density at radius 1 is 1.50 bits per heavy atom. The molecule has 1 amide bonds. The number of nitrogens with zero attached hydrogens (tertiary/aromatic N) is 1. The molecule has 3 nitrogen and oxygen atoms in total. The van der Waals surface area contributed by atoms with Crippen molar-refractivity contribution in [3.63, 3.8) is 0 Å². The molecule has 1 saturated carbocycles. The van der Waals surface area contributed by atoms with Crippen LogP contribution in [-0.2, 0) is 4.79 Å². The van der Waals surface area contributed by atoms with E-state index in [1.165, 1.54) is 0 Å². The van der Waals surface area contributed by atoms with Crippen LogP contribution in [0.2, 0.25) is 0 Å². The van der Waals surface area contributed by atoms with E-state index in [1.54, 1.807) is 0 Å². The molecule has 1 atom stereocenters. The summed E-state index contributed by atoms with van der Waals surface area (Å²) in [5.74, 6) is 1.29. The highest BCUT2D eigenvalue weighted by Crippen LogP contribution is 2.33. The topological polar surface area (TPSA) is 46.3 Å². The molecule has 0 aromatic heterocycles. The first-order chi connectivity index (χ1) is 5.68. The predicted octanol–water partition coefficient (Wildman–Crippen LogP) is 0.202. The Labute approximate surface area is 72.9 Å². The summed E-state index contributed by atoms with van der Waals surface area (Å²) in [6, 6.07) is 0.244. The minimum atomic E-state index is 0.244. The number of hydrogen-bond acceptors (Lipinski definition) is 2. The molecule has 1 saturated heterocycles. The average Bonchev–Trinajstić information content (AvgIpc) is 2.62. The second-order valence-electron chi connectivity index (χ2n) is 4.14. The molecule has 12 heavy (non-hydrogen) atoms. The van der Waals surface area contributed by atoms with Crippen molar-refractivity contribution in [2.75, 3.05) is 13.1 Å². The number of amides is 1. The standard InChI is InChI=1S/C9H16N2O/c1-6(10)8-4-11(5-8)9(12)7-2-3-7/h6-8H,2-5,10H2,1H3. The zero-order chi connectivity index (χ0) is 8.72. The second-order valence-corrected chi connectivity index (χ2v) is 4.14. The lowest BCUT2D eigenvalue weighted by molar-refractivity contribution is -0.139. The zero-order valence-corrected chi connectivity index (χ0v) is 7.49. The van der Waals surface area contributed by atoms with E-state index in [4.69, 9.17) is 5.73 Å². The van der Waals surface area contributed by atoms with Gasteiger partial charge in [0.25, 0.3) is 0 Å². The quantitative estimate of drug-likeness (QED) is 0.640. The van der Waals surface area contributed by atoms with Gasteiger partial charge in [-0.25, -0.2) is 0 Å². The molecule has 0 spiro atoms. The van der Waals surface area contributed by atoms with Crippen molar-refractivity contribution in [3.8, 4) is 0 Å². The van der Waals surface area contributed by atoms with Crippen LogP contribution in [-0.4, -0.2) is 29.9 Å². The first kappa shape index (κ1) is 8.05. The Morgan fingerprint density at radius 2 is 2.08 bits per heavy atom. The van der Waals surface area contributed by atoms with E-state index in [2.05, 4.69) is 0 Å². The molecule has 0 aromatic carbocycles. The van der Waals surface area contributed by atoms with Crippen molar-refractivity contribution in [2.45, 2.75) is 25.8 Å². The van der Waals surface area contributed by atoms with E-state index < -0.39 is 0 Å². The monoisotopic (exact) mass is 168 g/mol. The fraction of sp³-hybridized carbons (Fsp3) is 0.889. The molecule has 0 bridgehead atoms. The fourth-order valence-electron chi connectivity index (χ4n) is 1.61. The summed E-state index contributed by atoms with van der Waals surface area (Å²) < 4.78 is 0. The van der Waals surface area contributed by atoms with Gasteiger partial charge in [0.05, 0.1) is 0 Å². The zero-order valence-electron chi connectivity index (χ0n) is 7.49. The van der Waals surface area contributed by atoms with Gasteiger partial charge in [-0.3, -0.25) is 4.79 Å². The summed E-state index contributed by atoms with van der Waals surface area (Å²) in [4.78, 5) is 13.4. The predicted molar refractivity (Wildman–Crippen MR) is 46.4 cm³/mol. The maximum atomic E-state index is 11.4. The summed E-state index contributed by atoms with van der Waals surface area (Å²) in [6.07, 6.45) is 2.22. The number of likely N-dealkylation sites (tertiary alicyclic amines) is 1. The van der Waals surface area contributed by atoms with Gasteiger partial charge in [0.15, 0.2) is 0 Å². The van der Waals surface area contributed by atoms with E-state index in [0.717, 1.165) is 25.9 Å². The Hall–Kier alpha value is -0.570. The van der Waals surface area contributed by atoms with E-state index in [9.17, 15) is 4.79 Å². The molecule has 1 aliphatic carbocycles. The van der Waals surface area contributed by atoms with Crippen molar-refractivity contribution in [1.82, 2.24) is 4.90 Å². The number of carbonyl (C=O) groups excluding carboxylic acids is 1. The van der Waals surface area contributed by atoms with Gasteiger partial charge in [0.1, 0.15) is 0 Å². The fourth-order valence-corrected chi connectivity index (χ4v) is 1.61. The van der Waals surface area contributed by atoms with Gasteiger partial charge in [0, 0.05) is 31.0 Å². The number of rotatable bonds is 2. The van der Waals surface area contributed by atoms with Crippen LogP contribution in [0.15, 0.2) is 0 Å². The van der Waals surface area contributed by atoms with Gasteiger partial charge >= 0.3 is 0 Å². The summed E-state index contributed by atoms with van der Waals surface area (Å²) in [5, 5.41) is 0. The maximum absolute atomic E-state index is 11.4. The Balaban J connectivity index is 1.76. The molecule has 1 unspecified atom stereocenters. The molecular formula is C9H16N2O. The van der Waals surface area contributed by atoms with Crippen molar-refractivity contribution in [3.05, 3.63) is 0 Å². The third-order valence-electron chi connectivity index (χ3n) is 2.89. The minimum Gasteiger partial charge on any atom is -0.342 e. The number of carbonyl (C=O) groups is 1. The van der Waals surface area contributed by atoms with Crippen molar-refractivity contribution in [1.29, 1.82) is 0 Å². The smallest absolute Gasteiger partial charge is 0.225 e. The number of nitrogens with two attached hydrogens (primary N) is 1. The van der Waals surface area contributed by atoms with Crippen molar-refractivity contribution >= 4 is 5.91 Å². The highest BCUT2D eigenvalue weighted by atomic mass is 16.2. The molecule has 3 heteroatoms. The Kier molecular flexibility index (Phi) is 1.83. The van der Waals surface area contributed by atoms with Crippen molar-refractivity contribution < 1.29 is 4.79 Å². The highest BCUT2D eigenvalue weighted by Gasteiger charge is 2.39. The average molecular weight is 168 g/mol. The Bertz CT molecular complexity index is 193. The Morgan fingerprint density at radius 3 is 2.50 bits per heavy atom. The largest absolute Gasteiger partial charge is 0.342 e. The maximum Gasteiger partial charge on any atom is 0.225 e. The molecule has 0 radical (unpaired) electrons. The molecule has 0 aromatic rings. The first-order valence-corrected chi connectivity index (χ1v) is 4.73. The molecular weight excluding hydrogens is 152 g/mol. The molecule has 1 heterocycles. The lowest BCUT2D eigenvalue weighted by Gasteiger charge is -2.41. The van der Waals surface area contributed by atoms with Crippen LogP contribution in [0.25, 0.3) is 0 Å². The molecule has 2 aliphatic rings. The lowest BCUT2D eigenvalue weighted by atomic mass is 9.93. The van der Waals surface area contributed by atoms with Gasteiger partial charge < -0.3 is 10.6 Å². The summed E-state index contributed by atoms with van der Waals surface area (Å²) in [6.45, 7) is 3.81. The third-order valence-corrected chi connectivity index (χ3v) is 2.89. The normalized spacial score (nSPS) is 26.7. The third kappa shape index (κ3) is 1.33. The molecule has 2 rings (SSSR count). The van der Waals surface area contributed by atoms with Gasteiger partial charge in [-0.15, -0.1) is 0 Å². The summed E-state index contributed by atoms with van der Waals surface area (Å²) in [7, 11) is 0. The van der Waals surface area contributed by atoms with Gasteiger partial charge in [-0.1, -0.05) is 0 Å². The lowest BCUT2D eigenvalue weighted by Crippen LogP contribution is -2.56. The second kappa shape index (κ2) is 2.73. The van der Waals surface area contributed by atoms with E-state index in [1.807, 2.05) is 11.8 Å². The van der Waals surface area contributed by atoms with E-state index in [0.29, 0.717) is 17.7 Å². The van der Waals surface area contributed by atoms with Crippen LogP contribution in [0.4, 0.5) is 0 Å². The minimum absolute atomic E-state index is 0.244. The molecule has 2 fully saturated rings. The van der Waals surface area contributed by atoms with Crippen LogP contribution >= 0.6 is 0 Å². The van der Waals surface area contributed by atoms with Crippen molar-refractivity contribution in [2.24, 2.45) is 17.6 Å². The van der Waals surface area contributed by atoms with E-state index in [-0.39, 0.29) is 6.04 Å². The number of hydrogen-bond donors (Lipinski definition) is 1. The van der Waals surface area contributed by atoms with Gasteiger partial charge in [-0.2, -0.15) is 0 Å². The molecule has 2 N–H and O–H groups in total. The van der Waals surface area contributed by atoms with Crippen LogP contribution in [0, 0.1) is 11.8 Å². The van der Waals surface area contributed by atoms with Crippen LogP contribution in [0.3, 0.4) is 0 Å². The summed E-state index contributed by atoms with van der Waals surface area (Å²) >= 11 is 0. The van der Waals surface area contributed by atoms with Crippen LogP contribution in [0.5, 0.6) is 0 Å². The van der Waals surface area contributed by atoms with E-state index >= 15 is 0 Å². The molecule has 68 valence electrons. The van der Waals surface area contributed by atoms with Crippen LogP contribution < -0.4 is 5.73 Å². The van der Waals surface area contributed by atoms with Gasteiger partial charge in [0.2, 0.25) is 5.91 Å². The molecule has 1 aliphatic heterocycles. The SMILES string of the molecule is CC(N)C1CN(C(=O)C2CC2)C1. The van der Waals surface area contributed by atoms with Gasteiger partial charge in [-0.05, 0) is 19.8 Å². The first-order valence-electron chi connectivity index (χ1n) is 4.73. The summed E-state index contributed by atoms with van der Waals surface area (Å²) in [5.41, 5.74) is 5.71.